The number of fused-ring (bicyclic) bond motifs is 1. The van der Waals surface area contributed by atoms with Crippen LogP contribution in [-0.2, 0) is 10.2 Å². The SMILES string of the molecule is Cc1ccc(NC(=O)C(C)(C)c2ccc3c(c2)OCCO3)cc1Br. The van der Waals surface area contributed by atoms with Gasteiger partial charge < -0.3 is 14.8 Å². The van der Waals surface area contributed by atoms with Gasteiger partial charge in [0, 0.05) is 10.2 Å². The van der Waals surface area contributed by atoms with Crippen LogP contribution >= 0.6 is 15.9 Å². The van der Waals surface area contributed by atoms with Crippen molar-refractivity contribution in [1.29, 1.82) is 0 Å². The summed E-state index contributed by atoms with van der Waals surface area (Å²) < 4.78 is 12.1. The van der Waals surface area contributed by atoms with Gasteiger partial charge in [-0.3, -0.25) is 4.79 Å². The monoisotopic (exact) mass is 389 g/mol. The van der Waals surface area contributed by atoms with Gasteiger partial charge in [-0.2, -0.15) is 0 Å². The lowest BCUT2D eigenvalue weighted by Gasteiger charge is -2.26. The first-order valence-electron chi connectivity index (χ1n) is 7.85. The molecule has 0 fully saturated rings. The van der Waals surface area contributed by atoms with Gasteiger partial charge >= 0.3 is 0 Å². The van der Waals surface area contributed by atoms with Crippen LogP contribution in [0.3, 0.4) is 0 Å². The summed E-state index contributed by atoms with van der Waals surface area (Å²) in [6.07, 6.45) is 0. The van der Waals surface area contributed by atoms with E-state index < -0.39 is 5.41 Å². The van der Waals surface area contributed by atoms with Gasteiger partial charge in [0.15, 0.2) is 11.5 Å². The van der Waals surface area contributed by atoms with Gasteiger partial charge in [-0.1, -0.05) is 28.1 Å². The van der Waals surface area contributed by atoms with Gasteiger partial charge in [0.05, 0.1) is 5.41 Å². The van der Waals surface area contributed by atoms with Crippen LogP contribution in [0, 0.1) is 6.92 Å². The van der Waals surface area contributed by atoms with E-state index in [0.29, 0.717) is 19.0 Å². The average Bonchev–Trinajstić information content (AvgIpc) is 2.57. The first-order valence-corrected chi connectivity index (χ1v) is 8.65. The summed E-state index contributed by atoms with van der Waals surface area (Å²) in [5, 5.41) is 2.99. The quantitative estimate of drug-likeness (QED) is 0.843. The van der Waals surface area contributed by atoms with Crippen LogP contribution in [0.4, 0.5) is 5.69 Å². The number of ether oxygens (including phenoxy) is 2. The largest absolute Gasteiger partial charge is 0.486 e. The van der Waals surface area contributed by atoms with Crippen molar-refractivity contribution >= 4 is 27.5 Å². The third-order valence-corrected chi connectivity index (χ3v) is 5.12. The lowest BCUT2D eigenvalue weighted by atomic mass is 9.83. The molecule has 126 valence electrons. The summed E-state index contributed by atoms with van der Waals surface area (Å²) in [4.78, 5) is 12.8. The second-order valence-corrected chi connectivity index (χ2v) is 7.26. The predicted molar refractivity (Wildman–Crippen MR) is 98.0 cm³/mol. The minimum atomic E-state index is -0.701. The van der Waals surface area contributed by atoms with E-state index in [2.05, 4.69) is 21.2 Å². The summed E-state index contributed by atoms with van der Waals surface area (Å²) in [6.45, 7) is 6.89. The van der Waals surface area contributed by atoms with Crippen LogP contribution in [0.25, 0.3) is 0 Å². The molecule has 1 N–H and O–H groups in total. The Morgan fingerprint density at radius 2 is 1.79 bits per heavy atom. The number of anilines is 1. The minimum Gasteiger partial charge on any atom is -0.486 e. The maximum atomic E-state index is 12.8. The Bertz CT molecular complexity index is 786. The number of rotatable bonds is 3. The number of hydrogen-bond acceptors (Lipinski definition) is 3. The summed E-state index contributed by atoms with van der Waals surface area (Å²) >= 11 is 3.49. The number of amides is 1. The standard InChI is InChI=1S/C19H20BrNO3/c1-12-4-6-14(11-15(12)20)21-18(22)19(2,3)13-5-7-16-17(10-13)24-9-8-23-16/h4-7,10-11H,8-9H2,1-3H3,(H,21,22). The Morgan fingerprint density at radius 3 is 2.50 bits per heavy atom. The van der Waals surface area contributed by atoms with E-state index in [-0.39, 0.29) is 5.91 Å². The molecular weight excluding hydrogens is 370 g/mol. The molecule has 0 radical (unpaired) electrons. The maximum Gasteiger partial charge on any atom is 0.234 e. The van der Waals surface area contributed by atoms with E-state index >= 15 is 0 Å². The molecule has 1 heterocycles. The van der Waals surface area contributed by atoms with Gasteiger partial charge in [-0.25, -0.2) is 0 Å². The van der Waals surface area contributed by atoms with E-state index in [1.54, 1.807) is 0 Å². The number of aryl methyl sites for hydroxylation is 1. The fraction of sp³-hybridized carbons (Fsp3) is 0.316. The van der Waals surface area contributed by atoms with E-state index in [1.807, 2.05) is 57.2 Å². The van der Waals surface area contributed by atoms with Crippen molar-refractivity contribution in [2.24, 2.45) is 0 Å². The lowest BCUT2D eigenvalue weighted by Crippen LogP contribution is -2.34. The van der Waals surface area contributed by atoms with Crippen molar-refractivity contribution in [2.45, 2.75) is 26.2 Å². The molecule has 0 atom stereocenters. The molecule has 0 saturated heterocycles. The fourth-order valence-electron chi connectivity index (χ4n) is 2.52. The molecule has 1 aliphatic heterocycles. The number of carbonyl (C=O) groups excluding carboxylic acids is 1. The molecule has 0 spiro atoms. The first kappa shape index (κ1) is 16.8. The zero-order valence-corrected chi connectivity index (χ0v) is 15.6. The summed E-state index contributed by atoms with van der Waals surface area (Å²) in [5.41, 5.74) is 2.07. The number of carbonyl (C=O) groups is 1. The molecule has 0 saturated carbocycles. The van der Waals surface area contributed by atoms with Crippen LogP contribution in [0.2, 0.25) is 0 Å². The molecule has 0 aliphatic carbocycles. The van der Waals surface area contributed by atoms with Crippen LogP contribution in [0.1, 0.15) is 25.0 Å². The first-order chi connectivity index (χ1) is 11.4. The molecule has 4 nitrogen and oxygen atoms in total. The van der Waals surface area contributed by atoms with Gasteiger partial charge in [-0.05, 0) is 56.2 Å². The van der Waals surface area contributed by atoms with Crippen molar-refractivity contribution in [3.63, 3.8) is 0 Å². The Balaban J connectivity index is 1.83. The topological polar surface area (TPSA) is 47.6 Å². The molecule has 1 aliphatic rings. The Labute approximate surface area is 150 Å². The van der Waals surface area contributed by atoms with Gasteiger partial charge in [-0.15, -0.1) is 0 Å². The smallest absolute Gasteiger partial charge is 0.234 e. The second kappa shape index (κ2) is 6.48. The van der Waals surface area contributed by atoms with Gasteiger partial charge in [0.1, 0.15) is 13.2 Å². The average molecular weight is 390 g/mol. The number of nitrogens with one attached hydrogen (secondary N) is 1. The molecule has 2 aromatic carbocycles. The summed E-state index contributed by atoms with van der Waals surface area (Å²) in [6, 6.07) is 11.4. The molecule has 24 heavy (non-hydrogen) atoms. The highest BCUT2D eigenvalue weighted by Crippen LogP contribution is 2.35. The van der Waals surface area contributed by atoms with Crippen molar-refractivity contribution in [3.05, 3.63) is 52.0 Å². The second-order valence-electron chi connectivity index (χ2n) is 6.40. The molecule has 0 unspecified atom stereocenters. The number of benzene rings is 2. The highest BCUT2D eigenvalue weighted by atomic mass is 79.9. The molecule has 3 rings (SSSR count). The molecule has 1 amide bonds. The van der Waals surface area contributed by atoms with Crippen LogP contribution in [0.5, 0.6) is 11.5 Å². The summed E-state index contributed by atoms with van der Waals surface area (Å²) in [7, 11) is 0. The normalized spacial score (nSPS) is 13.5. The predicted octanol–water partition coefficient (Wildman–Crippen LogP) is 4.45. The lowest BCUT2D eigenvalue weighted by molar-refractivity contribution is -0.120. The fourth-order valence-corrected chi connectivity index (χ4v) is 2.90. The van der Waals surface area contributed by atoms with E-state index in [9.17, 15) is 4.79 Å². The number of halogens is 1. The van der Waals surface area contributed by atoms with Crippen molar-refractivity contribution < 1.29 is 14.3 Å². The zero-order chi connectivity index (χ0) is 17.3. The molecule has 0 bridgehead atoms. The molecular formula is C19H20BrNO3. The van der Waals surface area contributed by atoms with E-state index in [0.717, 1.165) is 27.0 Å². The third kappa shape index (κ3) is 3.26. The Kier molecular flexibility index (Phi) is 4.54. The third-order valence-electron chi connectivity index (χ3n) is 4.26. The molecule has 2 aromatic rings. The number of hydrogen-bond donors (Lipinski definition) is 1. The maximum absolute atomic E-state index is 12.8. The highest BCUT2D eigenvalue weighted by Gasteiger charge is 2.31. The molecule has 0 aromatic heterocycles. The minimum absolute atomic E-state index is 0.0741. The van der Waals surface area contributed by atoms with Crippen molar-refractivity contribution in [1.82, 2.24) is 0 Å². The highest BCUT2D eigenvalue weighted by molar-refractivity contribution is 9.10. The van der Waals surface area contributed by atoms with Crippen LogP contribution in [-0.4, -0.2) is 19.1 Å². The Hall–Kier alpha value is -2.01. The Morgan fingerprint density at radius 1 is 1.08 bits per heavy atom. The van der Waals surface area contributed by atoms with Crippen LogP contribution in [0.15, 0.2) is 40.9 Å². The van der Waals surface area contributed by atoms with Crippen molar-refractivity contribution in [3.8, 4) is 11.5 Å². The zero-order valence-electron chi connectivity index (χ0n) is 14.0. The van der Waals surface area contributed by atoms with Gasteiger partial charge in [0.25, 0.3) is 0 Å². The summed E-state index contributed by atoms with van der Waals surface area (Å²) in [5.74, 6) is 1.34. The molecule has 5 heteroatoms. The van der Waals surface area contributed by atoms with Gasteiger partial charge in [0.2, 0.25) is 5.91 Å². The van der Waals surface area contributed by atoms with E-state index in [1.165, 1.54) is 0 Å². The van der Waals surface area contributed by atoms with Crippen molar-refractivity contribution in [2.75, 3.05) is 18.5 Å². The van der Waals surface area contributed by atoms with Crippen LogP contribution < -0.4 is 14.8 Å². The van der Waals surface area contributed by atoms with E-state index in [4.69, 9.17) is 9.47 Å².